The summed E-state index contributed by atoms with van der Waals surface area (Å²) in [6.45, 7) is 0.861. The lowest BCUT2D eigenvalue weighted by atomic mass is 10.0. The zero-order valence-corrected chi connectivity index (χ0v) is 19.2. The molecule has 1 heterocycles. The molecule has 1 aliphatic rings. The highest BCUT2D eigenvalue weighted by Crippen LogP contribution is 2.30. The summed E-state index contributed by atoms with van der Waals surface area (Å²) >= 11 is 0. The Bertz CT molecular complexity index is 1290. The highest BCUT2D eigenvalue weighted by atomic mass is 16.5. The molecule has 0 amide bonds. The standard InChI is InChI=1S/C29H30N2O3/c32-26(18-30-23-12-10-21-8-4-5-9-22(21)11-13-23)24-14-16-27(29-25(24)15-17-28(33)31-29)34-19-20-6-2-1-3-7-20/h1-9,14-17,23,26,30,32H,10-13,18-19H2,(H,31,33)/t26-/m0/s1. The van der Waals surface area contributed by atoms with Crippen LogP contribution < -0.4 is 15.6 Å². The van der Waals surface area contributed by atoms with Gasteiger partial charge in [-0.15, -0.1) is 0 Å². The van der Waals surface area contributed by atoms with Crippen LogP contribution in [0.3, 0.4) is 0 Å². The molecule has 3 aromatic carbocycles. The van der Waals surface area contributed by atoms with E-state index in [-0.39, 0.29) is 5.56 Å². The first-order chi connectivity index (χ1) is 16.7. The van der Waals surface area contributed by atoms with Crippen LogP contribution in [0.25, 0.3) is 10.9 Å². The van der Waals surface area contributed by atoms with Crippen molar-refractivity contribution in [2.75, 3.05) is 6.54 Å². The molecule has 0 spiro atoms. The summed E-state index contributed by atoms with van der Waals surface area (Å²) in [4.78, 5) is 15.0. The van der Waals surface area contributed by atoms with Gasteiger partial charge in [0.2, 0.25) is 5.56 Å². The monoisotopic (exact) mass is 454 g/mol. The van der Waals surface area contributed by atoms with E-state index in [0.29, 0.717) is 30.5 Å². The number of rotatable bonds is 7. The van der Waals surface area contributed by atoms with E-state index < -0.39 is 6.10 Å². The van der Waals surface area contributed by atoms with Gasteiger partial charge in [-0.25, -0.2) is 0 Å². The van der Waals surface area contributed by atoms with Crippen LogP contribution in [0.4, 0.5) is 0 Å². The Morgan fingerprint density at radius 2 is 1.62 bits per heavy atom. The van der Waals surface area contributed by atoms with Crippen LogP contribution in [0.2, 0.25) is 0 Å². The maximum absolute atomic E-state index is 12.1. The van der Waals surface area contributed by atoms with Crippen LogP contribution >= 0.6 is 0 Å². The quantitative estimate of drug-likeness (QED) is 0.355. The molecule has 5 heteroatoms. The molecule has 1 aromatic heterocycles. The van der Waals surface area contributed by atoms with Gasteiger partial charge in [0.25, 0.3) is 0 Å². The van der Waals surface area contributed by atoms with E-state index in [9.17, 15) is 9.90 Å². The van der Waals surface area contributed by atoms with Crippen LogP contribution in [0.15, 0.2) is 83.7 Å². The number of aliphatic hydroxyl groups excluding tert-OH is 1. The van der Waals surface area contributed by atoms with Gasteiger partial charge in [-0.3, -0.25) is 4.79 Å². The van der Waals surface area contributed by atoms with Crippen LogP contribution in [0.1, 0.15) is 41.2 Å². The first-order valence-electron chi connectivity index (χ1n) is 12.0. The van der Waals surface area contributed by atoms with Gasteiger partial charge in [0.1, 0.15) is 12.4 Å². The first kappa shape index (κ1) is 22.4. The average Bonchev–Trinajstić information content (AvgIpc) is 3.09. The number of ether oxygens (including phenoxy) is 1. The second kappa shape index (κ2) is 10.2. The zero-order valence-electron chi connectivity index (χ0n) is 19.2. The van der Waals surface area contributed by atoms with Crippen molar-refractivity contribution >= 4 is 10.9 Å². The van der Waals surface area contributed by atoms with Crippen molar-refractivity contribution in [3.63, 3.8) is 0 Å². The normalized spacial score (nSPS) is 15.0. The number of aryl methyl sites for hydroxylation is 2. The molecule has 0 unspecified atom stereocenters. The molecule has 3 N–H and O–H groups in total. The molecule has 0 fully saturated rings. The number of hydrogen-bond donors (Lipinski definition) is 3. The molecule has 5 rings (SSSR count). The molecule has 4 aromatic rings. The maximum Gasteiger partial charge on any atom is 0.248 e. The van der Waals surface area contributed by atoms with Gasteiger partial charge in [0, 0.05) is 24.0 Å². The summed E-state index contributed by atoms with van der Waals surface area (Å²) in [6.07, 6.45) is 3.54. The fourth-order valence-corrected chi connectivity index (χ4v) is 4.84. The number of benzene rings is 3. The third-order valence-electron chi connectivity index (χ3n) is 6.73. The number of aliphatic hydroxyl groups is 1. The Morgan fingerprint density at radius 3 is 2.35 bits per heavy atom. The fraction of sp³-hybridized carbons (Fsp3) is 0.276. The number of hydrogen-bond acceptors (Lipinski definition) is 4. The summed E-state index contributed by atoms with van der Waals surface area (Å²) in [6, 6.07) is 25.9. The number of nitrogens with one attached hydrogen (secondary N) is 2. The summed E-state index contributed by atoms with van der Waals surface area (Å²) < 4.78 is 6.03. The Kier molecular flexibility index (Phi) is 6.74. The predicted octanol–water partition coefficient (Wildman–Crippen LogP) is 4.68. The van der Waals surface area contributed by atoms with Crippen molar-refractivity contribution in [3.8, 4) is 5.75 Å². The Hall–Kier alpha value is -3.41. The van der Waals surface area contributed by atoms with Crippen molar-refractivity contribution in [2.45, 2.75) is 44.4 Å². The SMILES string of the molecule is O=c1ccc2c([C@@H](O)CNC3CCc4ccccc4CC3)ccc(OCc3ccccc3)c2[nH]1. The van der Waals surface area contributed by atoms with Crippen LogP contribution in [-0.4, -0.2) is 22.7 Å². The van der Waals surface area contributed by atoms with Gasteiger partial charge in [0.05, 0.1) is 11.6 Å². The third-order valence-corrected chi connectivity index (χ3v) is 6.73. The molecular weight excluding hydrogens is 424 g/mol. The minimum Gasteiger partial charge on any atom is -0.487 e. The lowest BCUT2D eigenvalue weighted by Crippen LogP contribution is -2.33. The second-order valence-corrected chi connectivity index (χ2v) is 9.01. The number of pyridine rings is 1. The van der Waals surface area contributed by atoms with E-state index in [1.54, 1.807) is 6.07 Å². The van der Waals surface area contributed by atoms with Crippen LogP contribution in [-0.2, 0) is 19.4 Å². The third kappa shape index (κ3) is 5.06. The summed E-state index contributed by atoms with van der Waals surface area (Å²) in [5.74, 6) is 0.599. The van der Waals surface area contributed by atoms with Gasteiger partial charge in [-0.1, -0.05) is 60.7 Å². The minimum absolute atomic E-state index is 0.195. The van der Waals surface area contributed by atoms with E-state index >= 15 is 0 Å². The van der Waals surface area contributed by atoms with Gasteiger partial charge < -0.3 is 20.1 Å². The lowest BCUT2D eigenvalue weighted by Gasteiger charge is -2.21. The van der Waals surface area contributed by atoms with Crippen molar-refractivity contribution < 1.29 is 9.84 Å². The van der Waals surface area contributed by atoms with E-state index in [1.807, 2.05) is 42.5 Å². The van der Waals surface area contributed by atoms with E-state index in [0.717, 1.165) is 42.2 Å². The highest BCUT2D eigenvalue weighted by molar-refractivity contribution is 5.87. The van der Waals surface area contributed by atoms with Crippen molar-refractivity contribution in [2.24, 2.45) is 0 Å². The summed E-state index contributed by atoms with van der Waals surface area (Å²) in [5, 5.41) is 15.4. The lowest BCUT2D eigenvalue weighted by molar-refractivity contribution is 0.169. The first-order valence-corrected chi connectivity index (χ1v) is 12.0. The number of H-pyrrole nitrogens is 1. The molecule has 1 aliphatic carbocycles. The average molecular weight is 455 g/mol. The molecule has 0 saturated carbocycles. The largest absolute Gasteiger partial charge is 0.487 e. The molecule has 0 aliphatic heterocycles. The number of fused-ring (bicyclic) bond motifs is 2. The highest BCUT2D eigenvalue weighted by Gasteiger charge is 2.19. The molecule has 1 atom stereocenters. The van der Waals surface area contributed by atoms with Crippen LogP contribution in [0, 0.1) is 0 Å². The topological polar surface area (TPSA) is 74.3 Å². The van der Waals surface area contributed by atoms with E-state index in [4.69, 9.17) is 4.74 Å². The number of aromatic amines is 1. The van der Waals surface area contributed by atoms with Gasteiger partial charge in [-0.2, -0.15) is 0 Å². The van der Waals surface area contributed by atoms with Gasteiger partial charge in [0.15, 0.2) is 0 Å². The van der Waals surface area contributed by atoms with E-state index in [2.05, 4.69) is 34.6 Å². The molecule has 5 nitrogen and oxygen atoms in total. The maximum atomic E-state index is 12.1. The van der Waals surface area contributed by atoms with Gasteiger partial charge >= 0.3 is 0 Å². The molecular formula is C29H30N2O3. The van der Waals surface area contributed by atoms with Crippen LogP contribution in [0.5, 0.6) is 5.75 Å². The molecule has 34 heavy (non-hydrogen) atoms. The minimum atomic E-state index is -0.692. The predicted molar refractivity (Wildman–Crippen MR) is 135 cm³/mol. The number of aromatic nitrogens is 1. The Labute approximate surface area is 199 Å². The Balaban J connectivity index is 1.30. The van der Waals surface area contributed by atoms with E-state index in [1.165, 1.54) is 17.2 Å². The fourth-order valence-electron chi connectivity index (χ4n) is 4.84. The summed E-state index contributed by atoms with van der Waals surface area (Å²) in [7, 11) is 0. The van der Waals surface area contributed by atoms with Gasteiger partial charge in [-0.05, 0) is 60.1 Å². The van der Waals surface area contributed by atoms with Crippen molar-refractivity contribution in [1.82, 2.24) is 10.3 Å². The Morgan fingerprint density at radius 1 is 0.912 bits per heavy atom. The second-order valence-electron chi connectivity index (χ2n) is 9.01. The van der Waals surface area contributed by atoms with Crippen molar-refractivity contribution in [3.05, 3.63) is 111 Å². The molecule has 0 bridgehead atoms. The smallest absolute Gasteiger partial charge is 0.248 e. The summed E-state index contributed by atoms with van der Waals surface area (Å²) in [5.41, 5.74) is 5.13. The van der Waals surface area contributed by atoms with Crippen molar-refractivity contribution in [1.29, 1.82) is 0 Å². The zero-order chi connectivity index (χ0) is 23.3. The molecule has 174 valence electrons. The molecule has 0 saturated heterocycles. The molecule has 0 radical (unpaired) electrons.